The average molecular weight is 223 g/mol. The fraction of sp³-hybridized carbons (Fsp3) is 0.250. The third-order valence-electron chi connectivity index (χ3n) is 1.78. The van der Waals surface area contributed by atoms with E-state index in [1.165, 1.54) is 18.2 Å². The van der Waals surface area contributed by atoms with Gasteiger partial charge in [0.2, 0.25) is 5.91 Å². The molecule has 0 heterocycles. The van der Waals surface area contributed by atoms with E-state index in [2.05, 4.69) is 5.32 Å². The monoisotopic (exact) mass is 223 g/mol. The van der Waals surface area contributed by atoms with E-state index < -0.39 is 0 Å². The van der Waals surface area contributed by atoms with Crippen molar-refractivity contribution in [2.75, 3.05) is 13.2 Å². The summed E-state index contributed by atoms with van der Waals surface area (Å²) in [7, 11) is 0. The van der Waals surface area contributed by atoms with Gasteiger partial charge >= 0.3 is 0 Å². The Balaban J connectivity index is 2.23. The van der Waals surface area contributed by atoms with Gasteiger partial charge in [0.1, 0.15) is 18.2 Å². The van der Waals surface area contributed by atoms with Crippen molar-refractivity contribution in [2.24, 2.45) is 0 Å². The van der Waals surface area contributed by atoms with Gasteiger partial charge in [0, 0.05) is 6.07 Å². The van der Waals surface area contributed by atoms with Crippen molar-refractivity contribution in [2.45, 2.75) is 6.92 Å². The minimum Gasteiger partial charge on any atom is -0.492 e. The van der Waals surface area contributed by atoms with E-state index in [1.807, 2.05) is 0 Å². The van der Waals surface area contributed by atoms with Crippen molar-refractivity contribution in [3.8, 4) is 5.75 Å². The molecule has 0 aliphatic rings. The number of benzene rings is 1. The second-order valence-electron chi connectivity index (χ2n) is 3.10. The lowest BCUT2D eigenvalue weighted by Gasteiger charge is -2.06. The van der Waals surface area contributed by atoms with E-state index in [-0.39, 0.29) is 11.7 Å². The summed E-state index contributed by atoms with van der Waals surface area (Å²) in [5.74, 6) is -0.0407. The highest BCUT2D eigenvalue weighted by Crippen LogP contribution is 2.11. The van der Waals surface area contributed by atoms with Gasteiger partial charge in [-0.3, -0.25) is 4.79 Å². The molecule has 0 aliphatic carbocycles. The van der Waals surface area contributed by atoms with Crippen LogP contribution in [-0.4, -0.2) is 19.1 Å². The van der Waals surface area contributed by atoms with E-state index >= 15 is 0 Å². The Morgan fingerprint density at radius 3 is 3.06 bits per heavy atom. The smallest absolute Gasteiger partial charge is 0.243 e. The summed E-state index contributed by atoms with van der Waals surface area (Å²) in [6.45, 7) is 2.47. The largest absolute Gasteiger partial charge is 0.492 e. The molecule has 4 heteroatoms. The van der Waals surface area contributed by atoms with Crippen LogP contribution in [0, 0.1) is 5.82 Å². The number of nitrogens with one attached hydrogen (secondary N) is 1. The highest BCUT2D eigenvalue weighted by atomic mass is 19.1. The van der Waals surface area contributed by atoms with Gasteiger partial charge in [-0.2, -0.15) is 0 Å². The lowest BCUT2D eigenvalue weighted by atomic mass is 10.3. The van der Waals surface area contributed by atoms with Gasteiger partial charge in [-0.15, -0.1) is 0 Å². The second-order valence-corrected chi connectivity index (χ2v) is 3.10. The molecule has 0 bridgehead atoms. The van der Waals surface area contributed by atoms with Crippen molar-refractivity contribution < 1.29 is 13.9 Å². The van der Waals surface area contributed by atoms with Gasteiger partial charge in [-0.05, 0) is 25.1 Å². The molecule has 1 N–H and O–H groups in total. The molecule has 1 rings (SSSR count). The molecule has 1 aromatic rings. The lowest BCUT2D eigenvalue weighted by Crippen LogP contribution is -2.26. The van der Waals surface area contributed by atoms with Crippen LogP contribution in [0.15, 0.2) is 36.4 Å². The molecule has 0 aliphatic heterocycles. The third-order valence-corrected chi connectivity index (χ3v) is 1.78. The molecule has 0 saturated carbocycles. The van der Waals surface area contributed by atoms with Crippen LogP contribution in [0.3, 0.4) is 0 Å². The van der Waals surface area contributed by atoms with Crippen molar-refractivity contribution >= 4 is 5.91 Å². The molecule has 0 spiro atoms. The minimum atomic E-state index is -0.338. The standard InChI is InChI=1S/C12H14FNO2/c1-2-4-12(15)14-7-8-16-11-6-3-5-10(13)9-11/h2-6,9H,7-8H2,1H3,(H,14,15)/b4-2+. The average Bonchev–Trinajstić information content (AvgIpc) is 2.25. The molecule has 16 heavy (non-hydrogen) atoms. The molecule has 3 nitrogen and oxygen atoms in total. The van der Waals surface area contributed by atoms with Gasteiger partial charge in [-0.1, -0.05) is 12.1 Å². The molecule has 86 valence electrons. The highest BCUT2D eigenvalue weighted by Gasteiger charge is 1.96. The minimum absolute atomic E-state index is 0.162. The number of hydrogen-bond acceptors (Lipinski definition) is 2. The predicted octanol–water partition coefficient (Wildman–Crippen LogP) is 1.90. The van der Waals surface area contributed by atoms with Crippen LogP contribution in [0.1, 0.15) is 6.92 Å². The number of halogens is 1. The number of hydrogen-bond donors (Lipinski definition) is 1. The maximum atomic E-state index is 12.7. The summed E-state index contributed by atoms with van der Waals surface area (Å²) in [5, 5.41) is 2.62. The van der Waals surface area contributed by atoms with E-state index in [4.69, 9.17) is 4.74 Å². The maximum Gasteiger partial charge on any atom is 0.243 e. The SMILES string of the molecule is C/C=C/C(=O)NCCOc1cccc(F)c1. The quantitative estimate of drug-likeness (QED) is 0.611. The maximum absolute atomic E-state index is 12.7. The molecule has 0 radical (unpaired) electrons. The third kappa shape index (κ3) is 4.59. The van der Waals surface area contributed by atoms with Crippen molar-refractivity contribution in [1.82, 2.24) is 5.32 Å². The zero-order valence-corrected chi connectivity index (χ0v) is 9.07. The molecule has 1 aromatic carbocycles. The zero-order valence-electron chi connectivity index (χ0n) is 9.07. The summed E-state index contributed by atoms with van der Waals surface area (Å²) in [6.07, 6.45) is 3.09. The summed E-state index contributed by atoms with van der Waals surface area (Å²) < 4.78 is 18.0. The van der Waals surface area contributed by atoms with Crippen LogP contribution in [0.5, 0.6) is 5.75 Å². The van der Waals surface area contributed by atoms with Gasteiger partial charge < -0.3 is 10.1 Å². The predicted molar refractivity (Wildman–Crippen MR) is 59.7 cm³/mol. The zero-order chi connectivity index (χ0) is 11.8. The van der Waals surface area contributed by atoms with Crippen LogP contribution in [0.25, 0.3) is 0 Å². The molecule has 1 amide bonds. The summed E-state index contributed by atoms with van der Waals surface area (Å²) in [4.78, 5) is 11.0. The number of amides is 1. The Morgan fingerprint density at radius 1 is 1.56 bits per heavy atom. The first-order valence-electron chi connectivity index (χ1n) is 5.01. The van der Waals surface area contributed by atoms with Crippen LogP contribution < -0.4 is 10.1 Å². The summed E-state index contributed by atoms with van der Waals surface area (Å²) in [5.41, 5.74) is 0. The Labute approximate surface area is 93.9 Å². The van der Waals surface area contributed by atoms with Crippen molar-refractivity contribution in [3.63, 3.8) is 0 Å². The fourth-order valence-corrected chi connectivity index (χ4v) is 1.11. The van der Waals surface area contributed by atoms with E-state index in [0.717, 1.165) is 0 Å². The highest BCUT2D eigenvalue weighted by molar-refractivity contribution is 5.87. The molecule has 0 saturated heterocycles. The number of carbonyl (C=O) groups excluding carboxylic acids is 1. The van der Waals surface area contributed by atoms with E-state index in [9.17, 15) is 9.18 Å². The number of allylic oxidation sites excluding steroid dienone is 1. The first kappa shape index (κ1) is 12.2. The summed E-state index contributed by atoms with van der Waals surface area (Å²) in [6, 6.07) is 5.88. The molecular formula is C12H14FNO2. The number of rotatable bonds is 5. The Bertz CT molecular complexity index is 377. The molecule has 0 aromatic heterocycles. The van der Waals surface area contributed by atoms with Crippen LogP contribution >= 0.6 is 0 Å². The van der Waals surface area contributed by atoms with Gasteiger partial charge in [0.25, 0.3) is 0 Å². The molecule has 0 unspecified atom stereocenters. The van der Waals surface area contributed by atoms with Crippen molar-refractivity contribution in [3.05, 3.63) is 42.2 Å². The van der Waals surface area contributed by atoms with E-state index in [0.29, 0.717) is 18.9 Å². The second kappa shape index (κ2) is 6.61. The van der Waals surface area contributed by atoms with Crippen LogP contribution in [-0.2, 0) is 4.79 Å². The number of carbonyl (C=O) groups is 1. The van der Waals surface area contributed by atoms with Gasteiger partial charge in [0.15, 0.2) is 0 Å². The number of ether oxygens (including phenoxy) is 1. The summed E-state index contributed by atoms with van der Waals surface area (Å²) >= 11 is 0. The molecule has 0 atom stereocenters. The first-order chi connectivity index (χ1) is 7.72. The van der Waals surface area contributed by atoms with Crippen LogP contribution in [0.4, 0.5) is 4.39 Å². The normalized spacial score (nSPS) is 10.4. The lowest BCUT2D eigenvalue weighted by molar-refractivity contribution is -0.116. The first-order valence-corrected chi connectivity index (χ1v) is 5.01. The Hall–Kier alpha value is -1.84. The Kier molecular flexibility index (Phi) is 5.05. The van der Waals surface area contributed by atoms with Gasteiger partial charge in [-0.25, -0.2) is 4.39 Å². The Morgan fingerprint density at radius 2 is 2.38 bits per heavy atom. The van der Waals surface area contributed by atoms with Gasteiger partial charge in [0.05, 0.1) is 6.54 Å². The van der Waals surface area contributed by atoms with Crippen molar-refractivity contribution in [1.29, 1.82) is 0 Å². The fourth-order valence-electron chi connectivity index (χ4n) is 1.11. The molecule has 0 fully saturated rings. The van der Waals surface area contributed by atoms with Crippen LogP contribution in [0.2, 0.25) is 0 Å². The molecular weight excluding hydrogens is 209 g/mol. The topological polar surface area (TPSA) is 38.3 Å². The van der Waals surface area contributed by atoms with E-state index in [1.54, 1.807) is 25.1 Å².